The van der Waals surface area contributed by atoms with E-state index in [1.165, 1.54) is 0 Å². The van der Waals surface area contributed by atoms with Crippen molar-refractivity contribution in [1.29, 1.82) is 0 Å². The molecular formula is C16H14Cl2O. The Morgan fingerprint density at radius 1 is 1.00 bits per heavy atom. The fourth-order valence-corrected chi connectivity index (χ4v) is 2.59. The second-order valence-corrected chi connectivity index (χ2v) is 5.13. The van der Waals surface area contributed by atoms with E-state index in [2.05, 4.69) is 0 Å². The summed E-state index contributed by atoms with van der Waals surface area (Å²) in [5.41, 5.74) is 2.50. The standard InChI is InChI=1S/C16H14Cl2O/c1-2-11-6-3-4-7-12(11)16(19)10-13-14(17)8-5-9-15(13)18/h3-9H,2,10H2,1H3. The number of Topliss-reactive ketones (excluding diaryl/α,β-unsaturated/α-hetero) is 1. The summed E-state index contributed by atoms with van der Waals surface area (Å²) < 4.78 is 0. The van der Waals surface area contributed by atoms with Crippen LogP contribution in [0.3, 0.4) is 0 Å². The molecule has 19 heavy (non-hydrogen) atoms. The van der Waals surface area contributed by atoms with Crippen molar-refractivity contribution in [2.24, 2.45) is 0 Å². The Morgan fingerprint density at radius 2 is 1.63 bits per heavy atom. The second-order valence-electron chi connectivity index (χ2n) is 4.31. The summed E-state index contributed by atoms with van der Waals surface area (Å²) >= 11 is 12.2. The Labute approximate surface area is 123 Å². The van der Waals surface area contributed by atoms with Gasteiger partial charge in [-0.1, -0.05) is 60.5 Å². The minimum absolute atomic E-state index is 0.0486. The smallest absolute Gasteiger partial charge is 0.167 e. The summed E-state index contributed by atoms with van der Waals surface area (Å²) in [6.07, 6.45) is 1.06. The minimum atomic E-state index is 0.0486. The zero-order valence-corrected chi connectivity index (χ0v) is 12.1. The Morgan fingerprint density at radius 3 is 2.26 bits per heavy atom. The van der Waals surface area contributed by atoms with Crippen molar-refractivity contribution in [3.8, 4) is 0 Å². The van der Waals surface area contributed by atoms with Crippen LogP contribution in [0.1, 0.15) is 28.4 Å². The molecule has 0 saturated carbocycles. The van der Waals surface area contributed by atoms with Gasteiger partial charge in [-0.25, -0.2) is 0 Å². The van der Waals surface area contributed by atoms with Gasteiger partial charge >= 0.3 is 0 Å². The normalized spacial score (nSPS) is 10.5. The lowest BCUT2D eigenvalue weighted by molar-refractivity contribution is 0.0992. The summed E-state index contributed by atoms with van der Waals surface area (Å²) in [6, 6.07) is 12.9. The van der Waals surface area contributed by atoms with Gasteiger partial charge in [-0.15, -0.1) is 0 Å². The van der Waals surface area contributed by atoms with E-state index in [4.69, 9.17) is 23.2 Å². The van der Waals surface area contributed by atoms with Gasteiger partial charge in [0.2, 0.25) is 0 Å². The largest absolute Gasteiger partial charge is 0.294 e. The molecule has 0 amide bonds. The van der Waals surface area contributed by atoms with Gasteiger partial charge < -0.3 is 0 Å². The molecule has 0 aromatic heterocycles. The Bertz CT molecular complexity index is 585. The lowest BCUT2D eigenvalue weighted by atomic mass is 9.97. The zero-order chi connectivity index (χ0) is 13.8. The molecule has 0 N–H and O–H groups in total. The Hall–Kier alpha value is -1.31. The van der Waals surface area contributed by atoms with E-state index < -0.39 is 0 Å². The maximum absolute atomic E-state index is 12.4. The number of hydrogen-bond donors (Lipinski definition) is 0. The van der Waals surface area contributed by atoms with Crippen molar-refractivity contribution in [1.82, 2.24) is 0 Å². The molecule has 0 radical (unpaired) electrons. The third kappa shape index (κ3) is 3.17. The first-order valence-electron chi connectivity index (χ1n) is 6.17. The van der Waals surface area contributed by atoms with Crippen LogP contribution in [-0.2, 0) is 12.8 Å². The zero-order valence-electron chi connectivity index (χ0n) is 10.6. The van der Waals surface area contributed by atoms with Crippen LogP contribution in [0.5, 0.6) is 0 Å². The third-order valence-electron chi connectivity index (χ3n) is 3.10. The van der Waals surface area contributed by atoms with Crippen molar-refractivity contribution in [3.63, 3.8) is 0 Å². The summed E-state index contributed by atoms with van der Waals surface area (Å²) in [5.74, 6) is 0.0486. The molecule has 0 aliphatic heterocycles. The van der Waals surface area contributed by atoms with Crippen LogP contribution < -0.4 is 0 Å². The topological polar surface area (TPSA) is 17.1 Å². The molecule has 0 unspecified atom stereocenters. The molecule has 98 valence electrons. The van der Waals surface area contributed by atoms with Crippen LogP contribution in [0.4, 0.5) is 0 Å². The molecule has 0 aliphatic rings. The average molecular weight is 293 g/mol. The highest BCUT2D eigenvalue weighted by atomic mass is 35.5. The highest BCUT2D eigenvalue weighted by Gasteiger charge is 2.14. The monoisotopic (exact) mass is 292 g/mol. The van der Waals surface area contributed by atoms with Crippen molar-refractivity contribution in [2.75, 3.05) is 0 Å². The molecule has 2 rings (SSSR count). The molecule has 0 aliphatic carbocycles. The Kier molecular flexibility index (Phi) is 4.62. The van der Waals surface area contributed by atoms with E-state index >= 15 is 0 Å². The lowest BCUT2D eigenvalue weighted by Crippen LogP contribution is -2.07. The van der Waals surface area contributed by atoms with Gasteiger partial charge in [-0.05, 0) is 29.7 Å². The minimum Gasteiger partial charge on any atom is -0.294 e. The summed E-state index contributed by atoms with van der Waals surface area (Å²) in [5, 5.41) is 1.07. The first kappa shape index (κ1) is 14.1. The van der Waals surface area contributed by atoms with Crippen LogP contribution >= 0.6 is 23.2 Å². The molecule has 0 spiro atoms. The van der Waals surface area contributed by atoms with Crippen LogP contribution in [-0.4, -0.2) is 5.78 Å². The van der Waals surface area contributed by atoms with Crippen LogP contribution in [0.15, 0.2) is 42.5 Å². The molecule has 0 heterocycles. The number of carbonyl (C=O) groups is 1. The van der Waals surface area contributed by atoms with E-state index in [0.29, 0.717) is 15.6 Å². The molecule has 0 bridgehead atoms. The first-order chi connectivity index (χ1) is 9.13. The van der Waals surface area contributed by atoms with E-state index in [9.17, 15) is 4.79 Å². The molecule has 0 atom stereocenters. The van der Waals surface area contributed by atoms with Gasteiger partial charge in [0.05, 0.1) is 0 Å². The average Bonchev–Trinajstić information content (AvgIpc) is 2.42. The van der Waals surface area contributed by atoms with Gasteiger partial charge in [0.1, 0.15) is 0 Å². The van der Waals surface area contributed by atoms with Gasteiger partial charge in [-0.3, -0.25) is 4.79 Å². The van der Waals surface area contributed by atoms with Gasteiger partial charge in [0, 0.05) is 22.0 Å². The van der Waals surface area contributed by atoms with Crippen molar-refractivity contribution < 1.29 is 4.79 Å². The van der Waals surface area contributed by atoms with Crippen LogP contribution in [0, 0.1) is 0 Å². The quantitative estimate of drug-likeness (QED) is 0.726. The summed E-state index contributed by atoms with van der Waals surface area (Å²) in [6.45, 7) is 2.04. The highest BCUT2D eigenvalue weighted by Crippen LogP contribution is 2.26. The van der Waals surface area contributed by atoms with E-state index in [1.54, 1.807) is 18.2 Å². The number of aryl methyl sites for hydroxylation is 1. The predicted molar refractivity (Wildman–Crippen MR) is 80.3 cm³/mol. The summed E-state index contributed by atoms with van der Waals surface area (Å²) in [4.78, 5) is 12.4. The summed E-state index contributed by atoms with van der Waals surface area (Å²) in [7, 11) is 0. The number of carbonyl (C=O) groups excluding carboxylic acids is 1. The fraction of sp³-hybridized carbons (Fsp3) is 0.188. The number of hydrogen-bond acceptors (Lipinski definition) is 1. The van der Waals surface area contributed by atoms with Crippen molar-refractivity contribution in [2.45, 2.75) is 19.8 Å². The van der Waals surface area contributed by atoms with Crippen molar-refractivity contribution in [3.05, 3.63) is 69.2 Å². The first-order valence-corrected chi connectivity index (χ1v) is 6.93. The SMILES string of the molecule is CCc1ccccc1C(=O)Cc1c(Cl)cccc1Cl. The van der Waals surface area contributed by atoms with E-state index in [1.807, 2.05) is 31.2 Å². The predicted octanol–water partition coefficient (Wildman–Crippen LogP) is 4.98. The number of ketones is 1. The molecular weight excluding hydrogens is 279 g/mol. The molecule has 0 fully saturated rings. The fourth-order valence-electron chi connectivity index (χ4n) is 2.06. The van der Waals surface area contributed by atoms with E-state index in [-0.39, 0.29) is 12.2 Å². The maximum atomic E-state index is 12.4. The third-order valence-corrected chi connectivity index (χ3v) is 3.81. The van der Waals surface area contributed by atoms with Crippen molar-refractivity contribution >= 4 is 29.0 Å². The molecule has 1 nitrogen and oxygen atoms in total. The Balaban J connectivity index is 2.31. The molecule has 2 aromatic rings. The molecule has 0 saturated heterocycles. The van der Waals surface area contributed by atoms with Gasteiger partial charge in [0.25, 0.3) is 0 Å². The van der Waals surface area contributed by atoms with E-state index in [0.717, 1.165) is 17.5 Å². The van der Waals surface area contributed by atoms with Gasteiger partial charge in [0.15, 0.2) is 5.78 Å². The number of rotatable bonds is 4. The molecule has 2 aromatic carbocycles. The van der Waals surface area contributed by atoms with Crippen LogP contribution in [0.25, 0.3) is 0 Å². The molecule has 3 heteroatoms. The van der Waals surface area contributed by atoms with Crippen LogP contribution in [0.2, 0.25) is 10.0 Å². The second kappa shape index (κ2) is 6.23. The highest BCUT2D eigenvalue weighted by molar-refractivity contribution is 6.36. The lowest BCUT2D eigenvalue weighted by Gasteiger charge is -2.09. The number of benzene rings is 2. The maximum Gasteiger partial charge on any atom is 0.167 e. The number of halogens is 2. The van der Waals surface area contributed by atoms with Gasteiger partial charge in [-0.2, -0.15) is 0 Å².